The van der Waals surface area contributed by atoms with Gasteiger partial charge in [0.15, 0.2) is 5.82 Å². The van der Waals surface area contributed by atoms with E-state index < -0.39 is 17.6 Å². The first-order valence-corrected chi connectivity index (χ1v) is 29.3. The third-order valence-corrected chi connectivity index (χ3v) is 19.1. The third-order valence-electron chi connectivity index (χ3n) is 19.1. The number of piperidine rings is 3. The van der Waals surface area contributed by atoms with E-state index in [9.17, 15) is 14.4 Å². The molecule has 0 bridgehead atoms. The van der Waals surface area contributed by atoms with E-state index in [0.717, 1.165) is 114 Å². The topological polar surface area (TPSA) is 160 Å². The summed E-state index contributed by atoms with van der Waals surface area (Å²) in [5.74, 6) is 2.33. The number of hydrogen-bond donors (Lipinski definition) is 1. The number of fused-ring (bicyclic) bond motifs is 5. The molecule has 1 N–H and O–H groups in total. The molecule has 418 valence electrons. The maximum atomic E-state index is 17.5. The van der Waals surface area contributed by atoms with E-state index in [1.165, 1.54) is 31.0 Å². The van der Waals surface area contributed by atoms with Crippen LogP contribution in [0.4, 0.5) is 25.1 Å². The van der Waals surface area contributed by atoms with Crippen LogP contribution in [0.3, 0.4) is 0 Å². The lowest BCUT2D eigenvalue weighted by atomic mass is 9.87. The number of imide groups is 1. The fourth-order valence-corrected chi connectivity index (χ4v) is 14.7. The maximum absolute atomic E-state index is 17.5. The molecule has 6 saturated heterocycles. The predicted molar refractivity (Wildman–Crippen MR) is 300 cm³/mol. The van der Waals surface area contributed by atoms with Crippen LogP contribution in [0.1, 0.15) is 119 Å². The molecule has 13 rings (SSSR count). The molecule has 3 aromatic heterocycles. The first kappa shape index (κ1) is 52.4. The number of halogens is 2. The van der Waals surface area contributed by atoms with Gasteiger partial charge in [-0.25, -0.2) is 18.6 Å². The van der Waals surface area contributed by atoms with Crippen molar-refractivity contribution in [3.63, 3.8) is 0 Å². The Labute approximate surface area is 464 Å². The molecule has 0 saturated carbocycles. The summed E-state index contributed by atoms with van der Waals surface area (Å²) < 4.78 is 53.3. The number of rotatable bonds is 12. The molecule has 4 atom stereocenters. The van der Waals surface area contributed by atoms with Gasteiger partial charge in [-0.05, 0) is 125 Å². The lowest BCUT2D eigenvalue weighted by Crippen LogP contribution is -2.48. The quantitative estimate of drug-likeness (QED) is 0.0913. The predicted octanol–water partition coefficient (Wildman–Crippen LogP) is 9.36. The SMILES string of the molecule is C#Cc1c(F)ccc2cccc(-c3nc4c5c(nc(OC[C@@]67CCCN6[C@H](COC(=O)N6CCC(CCCC8CCN(c9ccc%10c(C%11CCC(=O)NC%11=O)nn(C)c%10c9)CC8)CC6)CC7)nc5c3F)N3CCCOC[C@@H]3CC4)c12. The fraction of sp³-hybridized carbons (Fsp3) is 0.532. The highest BCUT2D eigenvalue weighted by atomic mass is 19.1. The first-order chi connectivity index (χ1) is 39.0. The Balaban J connectivity index is 0.606. The van der Waals surface area contributed by atoms with Crippen LogP contribution in [0.2, 0.25) is 0 Å². The summed E-state index contributed by atoms with van der Waals surface area (Å²) in [6.07, 6.45) is 20.1. The van der Waals surface area contributed by atoms with Crippen molar-refractivity contribution in [1.29, 1.82) is 0 Å². The minimum atomic E-state index is -0.637. The third kappa shape index (κ3) is 9.75. The number of aromatic nitrogens is 5. The zero-order valence-electron chi connectivity index (χ0n) is 45.7. The summed E-state index contributed by atoms with van der Waals surface area (Å²) in [5.41, 5.74) is 3.93. The van der Waals surface area contributed by atoms with Crippen molar-refractivity contribution in [3.05, 3.63) is 77.1 Å². The molecule has 18 heteroatoms. The lowest BCUT2D eigenvalue weighted by Gasteiger charge is -2.35. The highest BCUT2D eigenvalue weighted by molar-refractivity contribution is 6.04. The number of carbonyl (C=O) groups is 3. The van der Waals surface area contributed by atoms with Crippen molar-refractivity contribution in [3.8, 4) is 29.6 Å². The number of anilines is 2. The first-order valence-electron chi connectivity index (χ1n) is 29.3. The normalized spacial score (nSPS) is 24.0. The van der Waals surface area contributed by atoms with Gasteiger partial charge in [0.2, 0.25) is 11.8 Å². The zero-order chi connectivity index (χ0) is 54.6. The van der Waals surface area contributed by atoms with Crippen LogP contribution in [0.25, 0.3) is 43.8 Å². The van der Waals surface area contributed by atoms with Gasteiger partial charge in [-0.1, -0.05) is 49.4 Å². The molecular formula is C62H70F2N10O6. The summed E-state index contributed by atoms with van der Waals surface area (Å²) in [4.78, 5) is 61.9. The molecule has 0 radical (unpaired) electrons. The van der Waals surface area contributed by atoms with Gasteiger partial charge >= 0.3 is 12.1 Å². The largest absolute Gasteiger partial charge is 0.461 e. The number of nitrogens with zero attached hydrogens (tertiary/aromatic N) is 9. The van der Waals surface area contributed by atoms with Crippen molar-refractivity contribution in [2.75, 3.05) is 75.5 Å². The zero-order valence-corrected chi connectivity index (χ0v) is 45.7. The average Bonchev–Trinajstić information content (AvgIpc) is 4.07. The fourth-order valence-electron chi connectivity index (χ4n) is 14.7. The smallest absolute Gasteiger partial charge is 0.409 e. The lowest BCUT2D eigenvalue weighted by molar-refractivity contribution is -0.134. The molecule has 80 heavy (non-hydrogen) atoms. The Kier molecular flexibility index (Phi) is 14.3. The molecule has 6 aromatic rings. The van der Waals surface area contributed by atoms with E-state index in [1.807, 2.05) is 22.7 Å². The van der Waals surface area contributed by atoms with Gasteiger partial charge in [-0.15, -0.1) is 6.42 Å². The van der Waals surface area contributed by atoms with Crippen LogP contribution in [-0.4, -0.2) is 136 Å². The highest BCUT2D eigenvalue weighted by Crippen LogP contribution is 2.45. The summed E-state index contributed by atoms with van der Waals surface area (Å²) >= 11 is 0. The number of hydrogen-bond acceptors (Lipinski definition) is 13. The van der Waals surface area contributed by atoms with Crippen LogP contribution in [0.15, 0.2) is 48.5 Å². The molecule has 7 aliphatic heterocycles. The van der Waals surface area contributed by atoms with E-state index in [-0.39, 0.29) is 58.3 Å². The standard InChI is InChI=1S/C62H70F2N10O6/c1-3-44-48(63)17-12-40-10-5-11-46(52(40)44)56-54(64)57-53-49(65-56)18-14-42-35-78-33-7-27-73(42)58(53)68-60(67-57)80-37-62-25-6-28-74(62)43(20-26-62)36-79-61(77)72-31-23-39(24-32-72)9-4-8-38-21-29-71(30-22-38)41-13-15-45-50(34-41)70(2)69-55(45)47-16-19-51(75)66-59(47)76/h1,5,10-13,15,17,34,38-39,42-43,47H,4,6-9,14,16,18-33,35-37H2,2H3,(H,66,75,76)/t42-,43-,47?,62-/m0/s1. The number of pyridine rings is 1. The molecule has 10 heterocycles. The van der Waals surface area contributed by atoms with E-state index >= 15 is 8.78 Å². The molecule has 7 aliphatic rings. The van der Waals surface area contributed by atoms with Crippen molar-refractivity contribution in [1.82, 2.24) is 39.8 Å². The van der Waals surface area contributed by atoms with Crippen LogP contribution < -0.4 is 19.9 Å². The molecule has 1 unspecified atom stereocenters. The number of ether oxygens (including phenoxy) is 3. The minimum absolute atomic E-state index is 0.0000971. The second kappa shape index (κ2) is 21.8. The van der Waals surface area contributed by atoms with E-state index in [1.54, 1.807) is 18.2 Å². The number of aryl methyl sites for hydroxylation is 2. The molecule has 0 spiro atoms. The molecule has 0 aliphatic carbocycles. The van der Waals surface area contributed by atoms with Gasteiger partial charge in [-0.2, -0.15) is 15.1 Å². The molecule has 3 aromatic carbocycles. The van der Waals surface area contributed by atoms with Crippen molar-refractivity contribution in [2.24, 2.45) is 18.9 Å². The molecule has 16 nitrogen and oxygen atoms in total. The van der Waals surface area contributed by atoms with Crippen LogP contribution >= 0.6 is 0 Å². The number of nitrogens with one attached hydrogen (secondary N) is 1. The number of likely N-dealkylation sites (tertiary alicyclic amines) is 1. The Morgan fingerprint density at radius 3 is 2.52 bits per heavy atom. The van der Waals surface area contributed by atoms with Gasteiger partial charge < -0.3 is 28.9 Å². The van der Waals surface area contributed by atoms with Crippen molar-refractivity contribution in [2.45, 2.75) is 126 Å². The summed E-state index contributed by atoms with van der Waals surface area (Å²) in [5, 5.41) is 9.85. The molecular weight excluding hydrogens is 1020 g/mol. The highest BCUT2D eigenvalue weighted by Gasteiger charge is 2.50. The Bertz CT molecular complexity index is 3440. The van der Waals surface area contributed by atoms with Gasteiger partial charge in [0, 0.05) is 80.9 Å². The van der Waals surface area contributed by atoms with Crippen molar-refractivity contribution < 1.29 is 37.4 Å². The number of carbonyl (C=O) groups excluding carboxylic acids is 3. The number of amides is 3. The second-order valence-corrected chi connectivity index (χ2v) is 23.6. The van der Waals surface area contributed by atoms with Crippen LogP contribution in [-0.2, 0) is 32.5 Å². The van der Waals surface area contributed by atoms with Crippen molar-refractivity contribution >= 4 is 62.0 Å². The van der Waals surface area contributed by atoms with Crippen LogP contribution in [0, 0.1) is 35.8 Å². The number of benzene rings is 3. The van der Waals surface area contributed by atoms with Crippen LogP contribution in [0.5, 0.6) is 6.01 Å². The molecule has 6 fully saturated rings. The summed E-state index contributed by atoms with van der Waals surface area (Å²) in [6, 6.07) is 14.9. The Morgan fingerprint density at radius 2 is 1.71 bits per heavy atom. The average molecular weight is 1090 g/mol. The Hall–Kier alpha value is -6.97. The van der Waals surface area contributed by atoms with Gasteiger partial charge in [-0.3, -0.25) is 24.5 Å². The van der Waals surface area contributed by atoms with E-state index in [0.29, 0.717) is 97.3 Å². The Morgan fingerprint density at radius 1 is 0.887 bits per heavy atom. The maximum Gasteiger partial charge on any atom is 0.409 e. The van der Waals surface area contributed by atoms with Gasteiger partial charge in [0.1, 0.15) is 36.1 Å². The summed E-state index contributed by atoms with van der Waals surface area (Å²) in [7, 11) is 1.92. The van der Waals surface area contributed by atoms with E-state index in [2.05, 4.69) is 44.1 Å². The second-order valence-electron chi connectivity index (χ2n) is 23.6. The van der Waals surface area contributed by atoms with Gasteiger partial charge in [0.05, 0.1) is 52.0 Å². The minimum Gasteiger partial charge on any atom is -0.461 e. The monoisotopic (exact) mass is 1090 g/mol. The molecule has 3 amide bonds. The van der Waals surface area contributed by atoms with E-state index in [4.69, 9.17) is 40.7 Å². The number of terminal acetylenes is 1. The summed E-state index contributed by atoms with van der Waals surface area (Å²) in [6.45, 7) is 6.77. The van der Waals surface area contributed by atoms with Gasteiger partial charge in [0.25, 0.3) is 0 Å².